The number of carbonyl (C=O) groups is 1. The summed E-state index contributed by atoms with van der Waals surface area (Å²) in [5.74, 6) is 0.589. The largest absolute Gasteiger partial charge is 0.489 e. The van der Waals surface area contributed by atoms with Gasteiger partial charge in [-0.1, -0.05) is 18.5 Å². The Balaban J connectivity index is 1.51. The Labute approximate surface area is 153 Å². The van der Waals surface area contributed by atoms with E-state index >= 15 is 0 Å². The lowest BCUT2D eigenvalue weighted by molar-refractivity contribution is -0.139. The van der Waals surface area contributed by atoms with Gasteiger partial charge in [0.25, 0.3) is 0 Å². The highest BCUT2D eigenvalue weighted by atomic mass is 35.5. The number of carboxylic acid groups (broad SMARTS) is 1. The zero-order valence-electron chi connectivity index (χ0n) is 14.5. The molecule has 2 N–H and O–H groups in total. The summed E-state index contributed by atoms with van der Waals surface area (Å²) in [4.78, 5) is 12.9. The normalized spacial score (nSPS) is 22.4. The van der Waals surface area contributed by atoms with E-state index < -0.39 is 5.97 Å². The van der Waals surface area contributed by atoms with Gasteiger partial charge in [-0.2, -0.15) is 0 Å². The lowest BCUT2D eigenvalue weighted by Crippen LogP contribution is -2.53. The van der Waals surface area contributed by atoms with Crippen LogP contribution in [-0.4, -0.2) is 54.4 Å². The van der Waals surface area contributed by atoms with E-state index in [9.17, 15) is 4.79 Å². The quantitative estimate of drug-likeness (QED) is 0.770. The molecule has 0 unspecified atom stereocenters. The van der Waals surface area contributed by atoms with E-state index in [1.54, 1.807) is 0 Å². The van der Waals surface area contributed by atoms with Crippen LogP contribution in [0.4, 0.5) is 0 Å². The smallest absolute Gasteiger partial charge is 0.317 e. The summed E-state index contributed by atoms with van der Waals surface area (Å²) in [6.45, 7) is 4.86. The topological polar surface area (TPSA) is 71.0 Å². The van der Waals surface area contributed by atoms with Gasteiger partial charge in [0.15, 0.2) is 11.5 Å². The van der Waals surface area contributed by atoms with Crippen molar-refractivity contribution in [2.45, 2.75) is 44.8 Å². The van der Waals surface area contributed by atoms with E-state index in [2.05, 4.69) is 5.32 Å². The van der Waals surface area contributed by atoms with Gasteiger partial charge < -0.3 is 19.9 Å². The Bertz CT molecular complexity index is 619. The van der Waals surface area contributed by atoms with E-state index in [1.807, 2.05) is 24.0 Å². The fourth-order valence-electron chi connectivity index (χ4n) is 3.37. The molecule has 1 fully saturated rings. The molecule has 138 valence electrons. The van der Waals surface area contributed by atoms with Gasteiger partial charge in [0.05, 0.1) is 24.8 Å². The number of carboxylic acids is 1. The number of likely N-dealkylation sites (N-methyl/N-ethyl adjacent to an activating group) is 1. The maximum atomic E-state index is 10.9. The Morgan fingerprint density at radius 2 is 2.12 bits per heavy atom. The van der Waals surface area contributed by atoms with Crippen LogP contribution in [0.5, 0.6) is 11.5 Å². The second kappa shape index (κ2) is 8.25. The monoisotopic (exact) mass is 368 g/mol. The molecule has 1 heterocycles. The number of halogens is 1. The van der Waals surface area contributed by atoms with E-state index in [-0.39, 0.29) is 6.54 Å². The molecular formula is C18H25ClN2O4. The molecule has 2 aliphatic rings. The highest BCUT2D eigenvalue weighted by Crippen LogP contribution is 2.38. The molecule has 7 heteroatoms. The number of hydrogen-bond acceptors (Lipinski definition) is 5. The second-order valence-electron chi connectivity index (χ2n) is 6.62. The summed E-state index contributed by atoms with van der Waals surface area (Å²) < 4.78 is 11.4. The summed E-state index contributed by atoms with van der Waals surface area (Å²) in [6.07, 6.45) is 2.80. The Kier molecular flexibility index (Phi) is 6.04. The van der Waals surface area contributed by atoms with Crippen molar-refractivity contribution in [3.05, 3.63) is 22.7 Å². The van der Waals surface area contributed by atoms with Crippen molar-refractivity contribution in [2.75, 3.05) is 26.3 Å². The van der Waals surface area contributed by atoms with Gasteiger partial charge in [-0.3, -0.25) is 9.69 Å². The molecule has 0 saturated heterocycles. The molecule has 1 aliphatic carbocycles. The molecule has 6 nitrogen and oxygen atoms in total. The maximum Gasteiger partial charge on any atom is 0.317 e. The highest BCUT2D eigenvalue weighted by Gasteiger charge is 2.33. The number of fused-ring (bicyclic) bond motifs is 1. The maximum absolute atomic E-state index is 10.9. The van der Waals surface area contributed by atoms with Gasteiger partial charge in [-0.05, 0) is 37.1 Å². The molecule has 1 saturated carbocycles. The fraction of sp³-hybridized carbons (Fsp3) is 0.611. The summed E-state index contributed by atoms with van der Waals surface area (Å²) in [6, 6.07) is 4.66. The van der Waals surface area contributed by atoms with Crippen molar-refractivity contribution < 1.29 is 19.4 Å². The third kappa shape index (κ3) is 4.57. The van der Waals surface area contributed by atoms with Gasteiger partial charge >= 0.3 is 5.97 Å². The van der Waals surface area contributed by atoms with Crippen molar-refractivity contribution in [3.63, 3.8) is 0 Å². The minimum Gasteiger partial charge on any atom is -0.489 e. The van der Waals surface area contributed by atoms with Crippen LogP contribution in [0, 0.1) is 0 Å². The molecule has 0 atom stereocenters. The minimum absolute atomic E-state index is 0.117. The number of rotatable bonds is 7. The molecule has 3 rings (SSSR count). The Hall–Kier alpha value is -1.50. The van der Waals surface area contributed by atoms with Crippen molar-refractivity contribution in [1.82, 2.24) is 10.2 Å². The molecule has 0 radical (unpaired) electrons. The van der Waals surface area contributed by atoms with Crippen LogP contribution >= 0.6 is 11.6 Å². The number of hydrogen-bond donors (Lipinski definition) is 2. The van der Waals surface area contributed by atoms with Crippen LogP contribution in [0.3, 0.4) is 0 Å². The first-order chi connectivity index (χ1) is 12.1. The van der Waals surface area contributed by atoms with Crippen LogP contribution in [0.2, 0.25) is 5.02 Å². The lowest BCUT2D eigenvalue weighted by atomic mass is 9.85. The molecular weight excluding hydrogens is 344 g/mol. The van der Waals surface area contributed by atoms with Gasteiger partial charge in [-0.25, -0.2) is 0 Å². The zero-order valence-corrected chi connectivity index (χ0v) is 15.2. The second-order valence-corrected chi connectivity index (χ2v) is 7.02. The highest BCUT2D eigenvalue weighted by molar-refractivity contribution is 6.32. The third-order valence-electron chi connectivity index (χ3n) is 4.83. The summed E-state index contributed by atoms with van der Waals surface area (Å²) in [5.41, 5.74) is 1.07. The predicted molar refractivity (Wildman–Crippen MR) is 95.6 cm³/mol. The average molecular weight is 369 g/mol. The van der Waals surface area contributed by atoms with Gasteiger partial charge in [0, 0.05) is 25.0 Å². The van der Waals surface area contributed by atoms with Crippen molar-refractivity contribution in [3.8, 4) is 11.5 Å². The fourth-order valence-corrected chi connectivity index (χ4v) is 3.66. The Morgan fingerprint density at radius 1 is 1.36 bits per heavy atom. The molecule has 0 bridgehead atoms. The number of ether oxygens (including phenoxy) is 2. The van der Waals surface area contributed by atoms with Crippen molar-refractivity contribution in [2.24, 2.45) is 0 Å². The first-order valence-electron chi connectivity index (χ1n) is 8.84. The van der Waals surface area contributed by atoms with Crippen LogP contribution in [0.15, 0.2) is 12.1 Å². The summed E-state index contributed by atoms with van der Waals surface area (Å²) in [5, 5.41) is 13.1. The molecule has 25 heavy (non-hydrogen) atoms. The molecule has 1 aliphatic heterocycles. The van der Waals surface area contributed by atoms with Gasteiger partial charge in [0.1, 0.15) is 0 Å². The summed E-state index contributed by atoms with van der Waals surface area (Å²) >= 11 is 6.32. The molecule has 0 amide bonds. The number of benzene rings is 1. The zero-order chi connectivity index (χ0) is 17.8. The Morgan fingerprint density at radius 3 is 2.84 bits per heavy atom. The van der Waals surface area contributed by atoms with Crippen molar-refractivity contribution >= 4 is 17.6 Å². The molecule has 0 aromatic heterocycles. The van der Waals surface area contributed by atoms with Gasteiger partial charge in [0.2, 0.25) is 0 Å². The third-order valence-corrected chi connectivity index (χ3v) is 5.11. The van der Waals surface area contributed by atoms with E-state index in [1.165, 1.54) is 0 Å². The van der Waals surface area contributed by atoms with Crippen LogP contribution in [0.25, 0.3) is 0 Å². The SMILES string of the molecule is CCN(CC(=O)O)C1CC(NCc2cc(Cl)c3c(c2)OCCCO3)C1. The van der Waals surface area contributed by atoms with Gasteiger partial charge in [-0.15, -0.1) is 0 Å². The first kappa shape index (κ1) is 18.3. The van der Waals surface area contributed by atoms with Crippen LogP contribution in [0.1, 0.15) is 31.7 Å². The summed E-state index contributed by atoms with van der Waals surface area (Å²) in [7, 11) is 0. The van der Waals surface area contributed by atoms with E-state index in [0.717, 1.165) is 31.4 Å². The standard InChI is InChI=1S/C18H25ClN2O4/c1-2-21(11-17(22)23)14-8-13(9-14)20-10-12-6-15(19)18-16(7-12)24-4-3-5-25-18/h6-7,13-14,20H,2-5,8-11H2,1H3,(H,22,23). The predicted octanol–water partition coefficient (Wildman–Crippen LogP) is 2.53. The van der Waals surface area contributed by atoms with E-state index in [4.69, 9.17) is 26.2 Å². The van der Waals surface area contributed by atoms with Crippen molar-refractivity contribution in [1.29, 1.82) is 0 Å². The molecule has 0 spiro atoms. The average Bonchev–Trinajstić information content (AvgIpc) is 2.77. The number of aliphatic carboxylic acids is 1. The van der Waals surface area contributed by atoms with E-state index in [0.29, 0.717) is 48.4 Å². The molecule has 1 aromatic carbocycles. The van der Waals surface area contributed by atoms with Crippen LogP contribution < -0.4 is 14.8 Å². The number of nitrogens with one attached hydrogen (secondary N) is 1. The number of nitrogens with zero attached hydrogens (tertiary/aromatic N) is 1. The first-order valence-corrected chi connectivity index (χ1v) is 9.22. The lowest BCUT2D eigenvalue weighted by Gasteiger charge is -2.42. The molecule has 1 aromatic rings. The minimum atomic E-state index is -0.764. The van der Waals surface area contributed by atoms with Crippen LogP contribution in [-0.2, 0) is 11.3 Å².